The van der Waals surface area contributed by atoms with Crippen molar-refractivity contribution in [2.24, 2.45) is 22.7 Å². The topological polar surface area (TPSA) is 109 Å². The van der Waals surface area contributed by atoms with Crippen LogP contribution < -0.4 is 0 Å². The summed E-state index contributed by atoms with van der Waals surface area (Å²) in [6, 6.07) is 7.98. The maximum atomic E-state index is 13.6. The van der Waals surface area contributed by atoms with Gasteiger partial charge in [0.2, 0.25) is 0 Å². The standard InChI is InChI=1S/C32H46O6/c1-31(2,29(35)36)19-9-13-21-11-7-17-25(27(21)33)23-15-5-6-16-24(23)26-18-8-12-22(28(26)34)14-10-20-32(3,4)30(37)38/h5-6,15-16,21-22,25-26H,7-14,17-20H2,1-4H3,(H,35,36)(H,37,38). The minimum atomic E-state index is -0.805. The molecule has 0 aromatic heterocycles. The van der Waals surface area contributed by atoms with Crippen LogP contribution in [0.15, 0.2) is 24.3 Å². The van der Waals surface area contributed by atoms with E-state index in [0.717, 1.165) is 49.7 Å². The van der Waals surface area contributed by atoms with Crippen LogP contribution in [0.1, 0.15) is 128 Å². The van der Waals surface area contributed by atoms with Gasteiger partial charge >= 0.3 is 11.9 Å². The maximum Gasteiger partial charge on any atom is 0.309 e. The van der Waals surface area contributed by atoms with Gasteiger partial charge in [-0.25, -0.2) is 0 Å². The molecule has 0 radical (unpaired) electrons. The van der Waals surface area contributed by atoms with E-state index >= 15 is 0 Å². The zero-order valence-electron chi connectivity index (χ0n) is 23.6. The fraction of sp³-hybridized carbons (Fsp3) is 0.688. The van der Waals surface area contributed by atoms with Crippen molar-refractivity contribution in [3.63, 3.8) is 0 Å². The fourth-order valence-corrected chi connectivity index (χ4v) is 6.41. The SMILES string of the molecule is CC(C)(CCCC1CCCC(c2ccccc2C2CCCC(CCCC(C)(C)C(=O)O)C2=O)C1=O)C(=O)O. The molecule has 6 heteroatoms. The molecule has 38 heavy (non-hydrogen) atoms. The molecule has 4 atom stereocenters. The molecule has 0 spiro atoms. The first-order valence-electron chi connectivity index (χ1n) is 14.5. The first-order valence-corrected chi connectivity index (χ1v) is 14.5. The molecule has 2 aliphatic carbocycles. The molecule has 1 aromatic carbocycles. The number of carboxylic acid groups (broad SMARTS) is 2. The number of hydrogen-bond acceptors (Lipinski definition) is 4. The monoisotopic (exact) mass is 526 g/mol. The predicted octanol–water partition coefficient (Wildman–Crippen LogP) is 7.15. The number of ketones is 2. The first kappa shape index (κ1) is 30.0. The Morgan fingerprint density at radius 1 is 0.711 bits per heavy atom. The van der Waals surface area contributed by atoms with Gasteiger partial charge < -0.3 is 10.2 Å². The van der Waals surface area contributed by atoms with E-state index in [0.29, 0.717) is 38.5 Å². The van der Waals surface area contributed by atoms with Gasteiger partial charge in [-0.1, -0.05) is 49.9 Å². The summed E-state index contributed by atoms with van der Waals surface area (Å²) in [5.74, 6) is -1.65. The molecule has 0 amide bonds. The van der Waals surface area contributed by atoms with Crippen LogP contribution in [0.4, 0.5) is 0 Å². The van der Waals surface area contributed by atoms with E-state index in [-0.39, 0.29) is 35.2 Å². The molecule has 3 rings (SSSR count). The van der Waals surface area contributed by atoms with Gasteiger partial charge in [0, 0.05) is 23.7 Å². The molecular weight excluding hydrogens is 480 g/mol. The number of rotatable bonds is 12. The molecule has 1 aromatic rings. The van der Waals surface area contributed by atoms with E-state index < -0.39 is 22.8 Å². The number of Topliss-reactive ketones (excluding diaryl/α,β-unsaturated/α-hetero) is 2. The van der Waals surface area contributed by atoms with Crippen molar-refractivity contribution in [3.05, 3.63) is 35.4 Å². The van der Waals surface area contributed by atoms with E-state index in [9.17, 15) is 29.4 Å². The van der Waals surface area contributed by atoms with E-state index in [4.69, 9.17) is 0 Å². The zero-order chi connectivity index (χ0) is 28.1. The lowest BCUT2D eigenvalue weighted by Gasteiger charge is -2.33. The molecule has 0 heterocycles. The third-order valence-corrected chi connectivity index (χ3v) is 9.20. The Kier molecular flexibility index (Phi) is 9.94. The summed E-state index contributed by atoms with van der Waals surface area (Å²) in [5, 5.41) is 18.8. The van der Waals surface area contributed by atoms with Crippen molar-refractivity contribution < 1.29 is 29.4 Å². The van der Waals surface area contributed by atoms with Crippen LogP contribution in [0.3, 0.4) is 0 Å². The number of hydrogen-bond donors (Lipinski definition) is 2. The second kappa shape index (κ2) is 12.6. The van der Waals surface area contributed by atoms with E-state index in [1.54, 1.807) is 27.7 Å². The second-order valence-electron chi connectivity index (χ2n) is 13.0. The van der Waals surface area contributed by atoms with Crippen molar-refractivity contribution in [2.75, 3.05) is 0 Å². The smallest absolute Gasteiger partial charge is 0.309 e. The predicted molar refractivity (Wildman–Crippen MR) is 147 cm³/mol. The largest absolute Gasteiger partial charge is 0.481 e. The lowest BCUT2D eigenvalue weighted by atomic mass is 9.69. The highest BCUT2D eigenvalue weighted by molar-refractivity contribution is 5.92. The molecule has 0 saturated heterocycles. The summed E-state index contributed by atoms with van der Waals surface area (Å²) in [6.45, 7) is 6.94. The summed E-state index contributed by atoms with van der Waals surface area (Å²) in [6.07, 6.45) is 9.15. The van der Waals surface area contributed by atoms with Gasteiger partial charge in [-0.3, -0.25) is 19.2 Å². The lowest BCUT2D eigenvalue weighted by Crippen LogP contribution is -2.31. The molecule has 0 bridgehead atoms. The third-order valence-electron chi connectivity index (χ3n) is 9.20. The van der Waals surface area contributed by atoms with Crippen molar-refractivity contribution in [3.8, 4) is 0 Å². The Morgan fingerprint density at radius 2 is 1.08 bits per heavy atom. The van der Waals surface area contributed by atoms with Gasteiger partial charge in [0.15, 0.2) is 0 Å². The number of aliphatic carboxylic acids is 2. The summed E-state index contributed by atoms with van der Waals surface area (Å²) in [7, 11) is 0. The molecule has 2 aliphatic rings. The molecule has 6 nitrogen and oxygen atoms in total. The average molecular weight is 527 g/mol. The van der Waals surface area contributed by atoms with E-state index in [1.807, 2.05) is 24.3 Å². The molecular formula is C32H46O6. The molecule has 2 saturated carbocycles. The lowest BCUT2D eigenvalue weighted by molar-refractivity contribution is -0.148. The van der Waals surface area contributed by atoms with Crippen LogP contribution in [-0.2, 0) is 19.2 Å². The Balaban J connectivity index is 1.70. The highest BCUT2D eigenvalue weighted by atomic mass is 16.4. The van der Waals surface area contributed by atoms with Gasteiger partial charge in [-0.05, 0) is 90.2 Å². The Hall–Kier alpha value is -2.50. The number of carboxylic acids is 2. The van der Waals surface area contributed by atoms with Crippen LogP contribution in [0, 0.1) is 22.7 Å². The van der Waals surface area contributed by atoms with Crippen molar-refractivity contribution >= 4 is 23.5 Å². The fourth-order valence-electron chi connectivity index (χ4n) is 6.41. The van der Waals surface area contributed by atoms with Crippen LogP contribution in [0.25, 0.3) is 0 Å². The first-order chi connectivity index (χ1) is 17.8. The summed E-state index contributed by atoms with van der Waals surface area (Å²) in [4.78, 5) is 50.2. The Labute approximate surface area is 227 Å². The molecule has 2 N–H and O–H groups in total. The van der Waals surface area contributed by atoms with Gasteiger partial charge in [0.25, 0.3) is 0 Å². The van der Waals surface area contributed by atoms with Gasteiger partial charge in [-0.2, -0.15) is 0 Å². The van der Waals surface area contributed by atoms with Crippen molar-refractivity contribution in [1.82, 2.24) is 0 Å². The Morgan fingerprint density at radius 3 is 1.42 bits per heavy atom. The zero-order valence-corrected chi connectivity index (χ0v) is 23.6. The van der Waals surface area contributed by atoms with Crippen LogP contribution in [0.5, 0.6) is 0 Å². The van der Waals surface area contributed by atoms with E-state index in [1.165, 1.54) is 0 Å². The third kappa shape index (κ3) is 7.12. The maximum absolute atomic E-state index is 13.6. The minimum Gasteiger partial charge on any atom is -0.481 e. The minimum absolute atomic E-state index is 0.0567. The second-order valence-corrected chi connectivity index (χ2v) is 13.0. The summed E-state index contributed by atoms with van der Waals surface area (Å²) < 4.78 is 0. The van der Waals surface area contributed by atoms with Crippen LogP contribution in [0.2, 0.25) is 0 Å². The van der Waals surface area contributed by atoms with Crippen molar-refractivity contribution in [1.29, 1.82) is 0 Å². The highest BCUT2D eigenvalue weighted by Gasteiger charge is 2.38. The average Bonchev–Trinajstić information content (AvgIpc) is 2.86. The van der Waals surface area contributed by atoms with Gasteiger partial charge in [0.05, 0.1) is 10.8 Å². The number of carbonyl (C=O) groups is 4. The highest BCUT2D eigenvalue weighted by Crippen LogP contribution is 2.43. The van der Waals surface area contributed by atoms with E-state index in [2.05, 4.69) is 0 Å². The summed E-state index contributed by atoms with van der Waals surface area (Å²) >= 11 is 0. The van der Waals surface area contributed by atoms with Crippen LogP contribution in [-0.4, -0.2) is 33.7 Å². The molecule has 210 valence electrons. The van der Waals surface area contributed by atoms with Crippen molar-refractivity contribution in [2.45, 2.75) is 117 Å². The summed E-state index contributed by atoms with van der Waals surface area (Å²) in [5.41, 5.74) is 0.425. The molecule has 2 fully saturated rings. The van der Waals surface area contributed by atoms with Gasteiger partial charge in [0.1, 0.15) is 11.6 Å². The Bertz CT molecular complexity index is 942. The molecule has 4 unspecified atom stereocenters. The molecule has 0 aliphatic heterocycles. The van der Waals surface area contributed by atoms with Gasteiger partial charge in [-0.15, -0.1) is 0 Å². The quantitative estimate of drug-likeness (QED) is 0.299. The number of carbonyl (C=O) groups excluding carboxylic acids is 2. The normalized spacial score (nSPS) is 24.8. The number of benzene rings is 1. The van der Waals surface area contributed by atoms with Crippen LogP contribution >= 0.6 is 0 Å².